The molecule has 194 valence electrons. The van der Waals surface area contributed by atoms with Crippen LogP contribution in [0.4, 0.5) is 0 Å². The van der Waals surface area contributed by atoms with Gasteiger partial charge in [-0.3, -0.25) is 4.79 Å². The fourth-order valence-electron chi connectivity index (χ4n) is 5.16. The van der Waals surface area contributed by atoms with Crippen molar-refractivity contribution in [1.82, 2.24) is 9.21 Å². The zero-order valence-corrected chi connectivity index (χ0v) is 22.8. The third-order valence-electron chi connectivity index (χ3n) is 7.41. The van der Waals surface area contributed by atoms with Gasteiger partial charge in [0.2, 0.25) is 15.9 Å². The van der Waals surface area contributed by atoms with Gasteiger partial charge < -0.3 is 14.4 Å². The molecule has 0 radical (unpaired) electrons. The molecule has 1 amide bonds. The highest BCUT2D eigenvalue weighted by Gasteiger charge is 2.44. The predicted molar refractivity (Wildman–Crippen MR) is 141 cm³/mol. The van der Waals surface area contributed by atoms with Crippen LogP contribution < -0.4 is 9.47 Å². The molecule has 0 aromatic heterocycles. The van der Waals surface area contributed by atoms with Crippen molar-refractivity contribution in [2.75, 3.05) is 40.4 Å². The molecule has 0 bridgehead atoms. The fraction of sp³-hybridized carbons (Fsp3) is 0.444. The Morgan fingerprint density at radius 2 is 1.72 bits per heavy atom. The number of benzene rings is 2. The molecule has 7 nitrogen and oxygen atoms in total. The summed E-state index contributed by atoms with van der Waals surface area (Å²) >= 11 is 6.43. The summed E-state index contributed by atoms with van der Waals surface area (Å²) in [6.45, 7) is 5.96. The Kier molecular flexibility index (Phi) is 7.69. The number of aryl methyl sites for hydroxylation is 2. The molecule has 0 saturated carbocycles. The third kappa shape index (κ3) is 5.12. The fourth-order valence-corrected chi connectivity index (χ4v) is 7.20. The molecule has 2 fully saturated rings. The zero-order chi connectivity index (χ0) is 26.1. The van der Waals surface area contributed by atoms with E-state index >= 15 is 0 Å². The molecule has 36 heavy (non-hydrogen) atoms. The van der Waals surface area contributed by atoms with E-state index in [-0.39, 0.29) is 11.3 Å². The molecule has 0 atom stereocenters. The summed E-state index contributed by atoms with van der Waals surface area (Å²) in [5.74, 6) is 0.873. The van der Waals surface area contributed by atoms with Crippen LogP contribution in [0.1, 0.15) is 36.0 Å². The maximum absolute atomic E-state index is 13.3. The number of carbonyl (C=O) groups excluding carboxylic acids is 1. The number of rotatable bonds is 6. The van der Waals surface area contributed by atoms with E-state index in [0.29, 0.717) is 53.2 Å². The van der Waals surface area contributed by atoms with Crippen LogP contribution in [0.5, 0.6) is 11.5 Å². The molecule has 2 aliphatic heterocycles. The minimum atomic E-state index is -3.54. The number of amides is 1. The largest absolute Gasteiger partial charge is 0.493 e. The first-order valence-corrected chi connectivity index (χ1v) is 13.9. The Morgan fingerprint density at radius 1 is 1.03 bits per heavy atom. The highest BCUT2D eigenvalue weighted by atomic mass is 35.5. The summed E-state index contributed by atoms with van der Waals surface area (Å²) in [5, 5.41) is 0.385. The van der Waals surface area contributed by atoms with E-state index in [1.165, 1.54) is 13.2 Å². The van der Waals surface area contributed by atoms with Crippen molar-refractivity contribution >= 4 is 33.6 Å². The molecule has 1 spiro atoms. The number of hydrogen-bond acceptors (Lipinski definition) is 5. The van der Waals surface area contributed by atoms with Crippen LogP contribution in [0.15, 0.2) is 41.3 Å². The molecule has 4 rings (SSSR count). The number of piperidine rings is 1. The van der Waals surface area contributed by atoms with Gasteiger partial charge in [0, 0.05) is 32.3 Å². The minimum Gasteiger partial charge on any atom is -0.493 e. The summed E-state index contributed by atoms with van der Waals surface area (Å²) in [4.78, 5) is 15.2. The molecule has 2 aromatic carbocycles. The number of hydrogen-bond donors (Lipinski definition) is 0. The van der Waals surface area contributed by atoms with E-state index in [4.69, 9.17) is 21.1 Å². The highest BCUT2D eigenvalue weighted by molar-refractivity contribution is 7.89. The molecule has 0 aliphatic carbocycles. The van der Waals surface area contributed by atoms with E-state index in [9.17, 15) is 13.2 Å². The van der Waals surface area contributed by atoms with Gasteiger partial charge in [-0.1, -0.05) is 23.7 Å². The van der Waals surface area contributed by atoms with Gasteiger partial charge in [0.25, 0.3) is 0 Å². The SMILES string of the molecule is COc1ccc(/C=C/C(=O)N2CCC3(CCN(S(=O)(=O)c4cc(C)ccc4C)CC3)C2)c(Cl)c1OC. The molecular weight excluding hydrogens is 500 g/mol. The Bertz CT molecular complexity index is 1280. The van der Waals surface area contributed by atoms with Gasteiger partial charge in [-0.25, -0.2) is 8.42 Å². The van der Waals surface area contributed by atoms with Crippen molar-refractivity contribution in [3.63, 3.8) is 0 Å². The molecule has 0 unspecified atom stereocenters. The first-order chi connectivity index (χ1) is 17.1. The van der Waals surface area contributed by atoms with Gasteiger partial charge >= 0.3 is 0 Å². The van der Waals surface area contributed by atoms with Crippen molar-refractivity contribution in [2.24, 2.45) is 5.41 Å². The van der Waals surface area contributed by atoms with E-state index in [0.717, 1.165) is 30.4 Å². The average Bonchev–Trinajstić information content (AvgIpc) is 3.27. The van der Waals surface area contributed by atoms with Gasteiger partial charge in [-0.2, -0.15) is 4.31 Å². The number of sulfonamides is 1. The van der Waals surface area contributed by atoms with Crippen molar-refractivity contribution in [3.8, 4) is 11.5 Å². The number of carbonyl (C=O) groups is 1. The number of likely N-dealkylation sites (tertiary alicyclic amines) is 1. The average molecular weight is 533 g/mol. The second kappa shape index (κ2) is 10.4. The van der Waals surface area contributed by atoms with Gasteiger partial charge in [0.1, 0.15) is 0 Å². The maximum Gasteiger partial charge on any atom is 0.246 e. The van der Waals surface area contributed by atoms with E-state index in [1.807, 2.05) is 30.9 Å². The van der Waals surface area contributed by atoms with Crippen molar-refractivity contribution < 1.29 is 22.7 Å². The van der Waals surface area contributed by atoms with Crippen LogP contribution in [0, 0.1) is 19.3 Å². The van der Waals surface area contributed by atoms with Crippen LogP contribution in [-0.2, 0) is 14.8 Å². The van der Waals surface area contributed by atoms with Crippen molar-refractivity contribution in [3.05, 3.63) is 58.1 Å². The normalized spacial score (nSPS) is 18.2. The molecule has 2 heterocycles. The van der Waals surface area contributed by atoms with Crippen LogP contribution in [0.25, 0.3) is 6.08 Å². The summed E-state index contributed by atoms with van der Waals surface area (Å²) in [5.41, 5.74) is 2.32. The van der Waals surface area contributed by atoms with E-state index < -0.39 is 10.0 Å². The summed E-state index contributed by atoms with van der Waals surface area (Å²) in [6.07, 6.45) is 5.59. The molecule has 2 aliphatic rings. The van der Waals surface area contributed by atoms with Crippen LogP contribution >= 0.6 is 11.6 Å². The zero-order valence-electron chi connectivity index (χ0n) is 21.2. The molecule has 9 heteroatoms. The van der Waals surface area contributed by atoms with Crippen LogP contribution in [0.2, 0.25) is 5.02 Å². The van der Waals surface area contributed by atoms with Crippen molar-refractivity contribution in [2.45, 2.75) is 38.0 Å². The monoisotopic (exact) mass is 532 g/mol. The van der Waals surface area contributed by atoms with Crippen LogP contribution in [-0.4, -0.2) is 63.9 Å². The lowest BCUT2D eigenvalue weighted by Crippen LogP contribution is -2.44. The molecular formula is C27H33ClN2O5S. The maximum atomic E-state index is 13.3. The Hall–Kier alpha value is -2.55. The molecule has 2 saturated heterocycles. The quantitative estimate of drug-likeness (QED) is 0.504. The Morgan fingerprint density at radius 3 is 2.39 bits per heavy atom. The van der Waals surface area contributed by atoms with E-state index in [1.54, 1.807) is 35.7 Å². The van der Waals surface area contributed by atoms with E-state index in [2.05, 4.69) is 0 Å². The lowest BCUT2D eigenvalue weighted by Gasteiger charge is -2.38. The number of methoxy groups -OCH3 is 2. The minimum absolute atomic E-state index is 0.0435. The van der Waals surface area contributed by atoms with Crippen molar-refractivity contribution in [1.29, 1.82) is 0 Å². The Labute approximate surface area is 218 Å². The van der Waals surface area contributed by atoms with Crippen LogP contribution in [0.3, 0.4) is 0 Å². The number of halogens is 1. The first kappa shape index (κ1) is 26.5. The summed E-state index contributed by atoms with van der Waals surface area (Å²) < 4.78 is 38.8. The second-order valence-electron chi connectivity index (χ2n) is 9.72. The molecule has 0 N–H and O–H groups in total. The lowest BCUT2D eigenvalue weighted by atomic mass is 9.78. The summed E-state index contributed by atoms with van der Waals surface area (Å²) in [7, 11) is -0.475. The van der Waals surface area contributed by atoms with Gasteiger partial charge in [-0.15, -0.1) is 0 Å². The van der Waals surface area contributed by atoms with Gasteiger partial charge in [0.05, 0.1) is 24.1 Å². The standard InChI is InChI=1S/C27H33ClN2O5S/c1-19-5-6-20(2)23(17-19)36(32,33)30-15-12-27(13-16-30)11-14-29(18-27)24(31)10-8-21-7-9-22(34-3)26(35-4)25(21)28/h5-10,17H,11-16,18H2,1-4H3/b10-8+. The third-order valence-corrected chi connectivity index (χ3v) is 9.85. The topological polar surface area (TPSA) is 76.2 Å². The van der Waals surface area contributed by atoms with Gasteiger partial charge in [-0.05, 0) is 79.5 Å². The molecule has 2 aromatic rings. The predicted octanol–water partition coefficient (Wildman–Crippen LogP) is 4.69. The number of nitrogens with zero attached hydrogens (tertiary/aromatic N) is 2. The Balaban J connectivity index is 1.40. The second-order valence-corrected chi connectivity index (χ2v) is 12.0. The lowest BCUT2D eigenvalue weighted by molar-refractivity contribution is -0.125. The smallest absolute Gasteiger partial charge is 0.246 e. The first-order valence-electron chi connectivity index (χ1n) is 12.1. The van der Waals surface area contributed by atoms with Gasteiger partial charge in [0.15, 0.2) is 11.5 Å². The number of ether oxygens (including phenoxy) is 2. The summed E-state index contributed by atoms with van der Waals surface area (Å²) in [6, 6.07) is 9.07. The highest BCUT2D eigenvalue weighted by Crippen LogP contribution is 2.42.